The molecule has 61 heavy (non-hydrogen) atoms. The minimum absolute atomic E-state index is 0.167. The molecule has 0 radical (unpaired) electrons. The molecule has 0 heterocycles. The second-order valence-corrected chi connectivity index (χ2v) is 18.8. The zero-order valence-corrected chi connectivity index (χ0v) is 40.2. The Labute approximate surface area is 373 Å². The van der Waals surface area contributed by atoms with E-state index in [1.165, 1.54) is 173 Å². The third-order valence-electron chi connectivity index (χ3n) is 11.3. The number of carboxylic acid groups (broad SMARTS) is 1. The van der Waals surface area contributed by atoms with E-state index in [2.05, 4.69) is 30.5 Å². The number of aliphatic carboxylic acids is 1. The van der Waals surface area contributed by atoms with Crippen LogP contribution in [0.15, 0.2) is 12.2 Å². The topological polar surface area (TPSA) is 172 Å². The predicted octanol–water partition coefficient (Wildman–Crippen LogP) is 14.0. The van der Waals surface area contributed by atoms with Crippen LogP contribution in [0.2, 0.25) is 0 Å². The lowest BCUT2D eigenvalue weighted by Gasteiger charge is -2.20. The molecule has 0 saturated heterocycles. The van der Waals surface area contributed by atoms with Gasteiger partial charge in [-0.3, -0.25) is 23.4 Å². The smallest absolute Gasteiger partial charge is 0.472 e. The number of carbonyl (C=O) groups is 3. The maximum absolute atomic E-state index is 12.7. The fourth-order valence-corrected chi connectivity index (χ4v) is 8.08. The van der Waals surface area contributed by atoms with Crippen molar-refractivity contribution >= 4 is 25.7 Å². The molecule has 0 bridgehead atoms. The average molecular weight is 888 g/mol. The molecule has 0 aromatic carbocycles. The first-order valence-electron chi connectivity index (χ1n) is 25.2. The number of carboxylic acids is 1. The van der Waals surface area contributed by atoms with E-state index in [1.54, 1.807) is 0 Å². The number of hydrogen-bond donors (Lipinski definition) is 3. The number of rotatable bonds is 48. The Kier molecular flexibility index (Phi) is 43.5. The van der Waals surface area contributed by atoms with E-state index in [-0.39, 0.29) is 19.4 Å². The average Bonchev–Trinajstić information content (AvgIpc) is 3.24. The van der Waals surface area contributed by atoms with Crippen molar-refractivity contribution in [2.75, 3.05) is 19.8 Å². The summed E-state index contributed by atoms with van der Waals surface area (Å²) in [7, 11) is -4.72. The summed E-state index contributed by atoms with van der Waals surface area (Å²) in [6, 6.07) is -1.52. The third kappa shape index (κ3) is 44.6. The molecular weight excluding hydrogens is 794 g/mol. The maximum atomic E-state index is 12.7. The van der Waals surface area contributed by atoms with E-state index in [0.29, 0.717) is 12.8 Å². The van der Waals surface area contributed by atoms with Crippen LogP contribution in [0, 0.1) is 0 Å². The second kappa shape index (κ2) is 44.8. The zero-order chi connectivity index (χ0) is 44.9. The summed E-state index contributed by atoms with van der Waals surface area (Å²) in [5.41, 5.74) is 5.35. The number of nitrogens with two attached hydrogens (primary N) is 1. The predicted molar refractivity (Wildman–Crippen MR) is 249 cm³/mol. The highest BCUT2D eigenvalue weighted by atomic mass is 31.2. The van der Waals surface area contributed by atoms with Crippen LogP contribution in [0.3, 0.4) is 0 Å². The normalized spacial score (nSPS) is 13.6. The first-order valence-corrected chi connectivity index (χ1v) is 26.7. The van der Waals surface area contributed by atoms with Gasteiger partial charge >= 0.3 is 25.7 Å². The molecule has 0 aromatic rings. The van der Waals surface area contributed by atoms with E-state index in [9.17, 15) is 23.8 Å². The van der Waals surface area contributed by atoms with Crippen LogP contribution in [-0.4, -0.2) is 59.9 Å². The lowest BCUT2D eigenvalue weighted by atomic mass is 10.0. The summed E-state index contributed by atoms with van der Waals surface area (Å²) in [6.07, 6.45) is 47.0. The standard InChI is InChI=1S/C49H94NO10P/c1-3-5-7-9-11-13-15-17-19-21-22-23-25-27-29-31-33-35-37-39-41-48(52)60-45(43-58-61(55,56)59-44-46(50)49(53)54)42-57-47(51)40-38-36-34-32-30-28-26-24-20-18-16-14-12-10-8-6-4-2/h14,16,45-46H,3-13,15,17-44,50H2,1-2H3,(H,53,54)(H,55,56)/b16-14+/t45-,46+/m1/s1. The number of unbranched alkanes of at least 4 members (excludes halogenated alkanes) is 32. The molecule has 0 fully saturated rings. The monoisotopic (exact) mass is 888 g/mol. The fourth-order valence-electron chi connectivity index (χ4n) is 7.30. The van der Waals surface area contributed by atoms with Crippen LogP contribution < -0.4 is 5.73 Å². The molecule has 360 valence electrons. The van der Waals surface area contributed by atoms with E-state index in [1.807, 2.05) is 0 Å². The highest BCUT2D eigenvalue weighted by Crippen LogP contribution is 2.43. The summed E-state index contributed by atoms with van der Waals surface area (Å²) in [4.78, 5) is 46.1. The number of ether oxygens (including phenoxy) is 2. The van der Waals surface area contributed by atoms with Gasteiger partial charge in [-0.2, -0.15) is 0 Å². The van der Waals surface area contributed by atoms with Gasteiger partial charge in [0.25, 0.3) is 0 Å². The van der Waals surface area contributed by atoms with Crippen molar-refractivity contribution in [1.82, 2.24) is 0 Å². The molecule has 0 aliphatic carbocycles. The lowest BCUT2D eigenvalue weighted by Crippen LogP contribution is -2.34. The molecule has 0 amide bonds. The Balaban J connectivity index is 4.22. The molecule has 0 aliphatic heterocycles. The molecule has 0 rings (SSSR count). The van der Waals surface area contributed by atoms with Gasteiger partial charge in [0.2, 0.25) is 0 Å². The first-order chi connectivity index (χ1) is 29.6. The van der Waals surface area contributed by atoms with Crippen molar-refractivity contribution in [2.45, 2.75) is 264 Å². The maximum Gasteiger partial charge on any atom is 0.472 e. The molecule has 0 spiro atoms. The summed E-state index contributed by atoms with van der Waals surface area (Å²) < 4.78 is 32.8. The van der Waals surface area contributed by atoms with Gasteiger partial charge in [-0.25, -0.2) is 4.57 Å². The quantitative estimate of drug-likeness (QED) is 0.0230. The summed E-state index contributed by atoms with van der Waals surface area (Å²) >= 11 is 0. The fraction of sp³-hybridized carbons (Fsp3) is 0.898. The van der Waals surface area contributed by atoms with Crippen LogP contribution >= 0.6 is 7.82 Å². The van der Waals surface area contributed by atoms with Crippen LogP contribution in [0.5, 0.6) is 0 Å². The Bertz CT molecular complexity index is 1090. The van der Waals surface area contributed by atoms with Crippen LogP contribution in [0.25, 0.3) is 0 Å². The van der Waals surface area contributed by atoms with Gasteiger partial charge < -0.3 is 25.2 Å². The Morgan fingerprint density at radius 3 is 1.21 bits per heavy atom. The van der Waals surface area contributed by atoms with Gasteiger partial charge in [0.15, 0.2) is 6.10 Å². The second-order valence-electron chi connectivity index (χ2n) is 17.3. The van der Waals surface area contributed by atoms with Gasteiger partial charge in [0.1, 0.15) is 12.6 Å². The van der Waals surface area contributed by atoms with E-state index < -0.39 is 51.1 Å². The third-order valence-corrected chi connectivity index (χ3v) is 12.2. The first kappa shape index (κ1) is 59.2. The van der Waals surface area contributed by atoms with Gasteiger partial charge in [-0.05, 0) is 38.5 Å². The van der Waals surface area contributed by atoms with Crippen molar-refractivity contribution < 1.29 is 47.5 Å². The Morgan fingerprint density at radius 1 is 0.492 bits per heavy atom. The Morgan fingerprint density at radius 2 is 0.820 bits per heavy atom. The van der Waals surface area contributed by atoms with Gasteiger partial charge in [-0.1, -0.05) is 212 Å². The minimum atomic E-state index is -4.72. The van der Waals surface area contributed by atoms with E-state index >= 15 is 0 Å². The van der Waals surface area contributed by atoms with Crippen LogP contribution in [0.4, 0.5) is 0 Å². The molecule has 3 atom stereocenters. The van der Waals surface area contributed by atoms with Gasteiger partial charge in [-0.15, -0.1) is 0 Å². The van der Waals surface area contributed by atoms with Crippen molar-refractivity contribution in [3.8, 4) is 0 Å². The molecule has 11 nitrogen and oxygen atoms in total. The number of allylic oxidation sites excluding steroid dienone is 2. The zero-order valence-electron chi connectivity index (χ0n) is 39.3. The largest absolute Gasteiger partial charge is 0.480 e. The van der Waals surface area contributed by atoms with Crippen molar-refractivity contribution in [3.05, 3.63) is 12.2 Å². The minimum Gasteiger partial charge on any atom is -0.480 e. The molecular formula is C49H94NO10P. The number of phosphoric acid groups is 1. The lowest BCUT2D eigenvalue weighted by molar-refractivity contribution is -0.161. The van der Waals surface area contributed by atoms with Crippen LogP contribution in [-0.2, 0) is 37.5 Å². The molecule has 0 aliphatic rings. The highest BCUT2D eigenvalue weighted by Gasteiger charge is 2.28. The summed E-state index contributed by atoms with van der Waals surface area (Å²) in [5, 5.41) is 8.91. The summed E-state index contributed by atoms with van der Waals surface area (Å²) in [5.74, 6) is -2.36. The van der Waals surface area contributed by atoms with Crippen LogP contribution in [0.1, 0.15) is 251 Å². The Hall–Kier alpha value is -1.78. The van der Waals surface area contributed by atoms with E-state index in [4.69, 9.17) is 24.8 Å². The highest BCUT2D eigenvalue weighted by molar-refractivity contribution is 7.47. The van der Waals surface area contributed by atoms with Gasteiger partial charge in [0, 0.05) is 12.8 Å². The number of esters is 2. The van der Waals surface area contributed by atoms with Crippen molar-refractivity contribution in [3.63, 3.8) is 0 Å². The molecule has 0 aromatic heterocycles. The summed E-state index contributed by atoms with van der Waals surface area (Å²) in [6.45, 7) is 2.84. The van der Waals surface area contributed by atoms with E-state index in [0.717, 1.165) is 38.5 Å². The van der Waals surface area contributed by atoms with Crippen molar-refractivity contribution in [2.24, 2.45) is 5.73 Å². The SMILES string of the molecule is CCCCCC/C=C/CCCCCCCCCCCC(=O)OC[C@H](COP(=O)(O)OC[C@H](N)C(=O)O)OC(=O)CCCCCCCCCCCCCCCCCCCCCC. The molecule has 12 heteroatoms. The molecule has 4 N–H and O–H groups in total. The number of hydrogen-bond acceptors (Lipinski definition) is 9. The van der Waals surface area contributed by atoms with Crippen molar-refractivity contribution in [1.29, 1.82) is 0 Å². The van der Waals surface area contributed by atoms with Gasteiger partial charge in [0.05, 0.1) is 13.2 Å². The molecule has 0 saturated carbocycles. The number of phosphoric ester groups is 1. The molecule has 1 unspecified atom stereocenters. The number of carbonyl (C=O) groups excluding carboxylic acids is 2.